The summed E-state index contributed by atoms with van der Waals surface area (Å²) >= 11 is 1.44. The van der Waals surface area contributed by atoms with Gasteiger partial charge in [0.15, 0.2) is 0 Å². The number of carbonyl (C=O) groups is 2. The molecule has 0 unspecified atom stereocenters. The molecule has 0 aliphatic carbocycles. The molecule has 1 aromatic heterocycles. The van der Waals surface area contributed by atoms with E-state index in [1.54, 1.807) is 24.3 Å². The number of carbonyl (C=O) groups excluding carboxylic acids is 2. The number of likely N-dealkylation sites (tertiary alicyclic amines) is 1. The molecular weight excluding hydrogens is 348 g/mol. The minimum absolute atomic E-state index is 0.0198. The molecule has 0 spiro atoms. The summed E-state index contributed by atoms with van der Waals surface area (Å²) in [6, 6.07) is 12.8. The zero-order valence-corrected chi connectivity index (χ0v) is 15.1. The second kappa shape index (κ2) is 8.61. The van der Waals surface area contributed by atoms with E-state index in [1.165, 1.54) is 11.3 Å². The van der Waals surface area contributed by atoms with Crippen molar-refractivity contribution in [3.05, 3.63) is 52.2 Å². The highest BCUT2D eigenvalue weighted by Gasteiger charge is 2.22. The van der Waals surface area contributed by atoms with E-state index in [4.69, 9.17) is 5.26 Å². The number of nitriles is 1. The summed E-state index contributed by atoms with van der Waals surface area (Å²) < 4.78 is 0. The van der Waals surface area contributed by atoms with Crippen LogP contribution in [0.4, 0.5) is 5.69 Å². The fourth-order valence-corrected chi connectivity index (χ4v) is 3.60. The van der Waals surface area contributed by atoms with Gasteiger partial charge in [0.05, 0.1) is 23.1 Å². The van der Waals surface area contributed by atoms with E-state index in [0.717, 1.165) is 30.8 Å². The molecule has 2 N–H and O–H groups in total. The minimum atomic E-state index is -0.0961. The van der Waals surface area contributed by atoms with Gasteiger partial charge in [-0.1, -0.05) is 12.1 Å². The first-order valence-corrected chi connectivity index (χ1v) is 9.39. The molecule has 0 atom stereocenters. The molecule has 1 aliphatic heterocycles. The maximum Gasteiger partial charge on any atom is 0.261 e. The van der Waals surface area contributed by atoms with Gasteiger partial charge in [-0.25, -0.2) is 0 Å². The molecule has 134 valence electrons. The molecule has 1 fully saturated rings. The topological polar surface area (TPSA) is 85.2 Å². The third-order valence-electron chi connectivity index (χ3n) is 4.31. The molecule has 2 amide bonds. The van der Waals surface area contributed by atoms with Gasteiger partial charge in [0.25, 0.3) is 5.91 Å². The van der Waals surface area contributed by atoms with Crippen LogP contribution in [0.15, 0.2) is 41.8 Å². The standard InChI is InChI=1S/C19H20N4O2S/c20-12-14-3-1-4-16(11-14)21-18(24)13-23-8-6-15(7-9-23)22-19(25)17-5-2-10-26-17/h1-5,10-11,15H,6-9,13H2,(H,21,24)(H,22,25). The Morgan fingerprint density at radius 2 is 2.04 bits per heavy atom. The molecule has 1 aliphatic rings. The van der Waals surface area contributed by atoms with Crippen LogP contribution in [-0.2, 0) is 4.79 Å². The smallest absolute Gasteiger partial charge is 0.261 e. The first-order valence-electron chi connectivity index (χ1n) is 8.51. The molecule has 1 aromatic carbocycles. The largest absolute Gasteiger partial charge is 0.349 e. The summed E-state index contributed by atoms with van der Waals surface area (Å²) in [6.07, 6.45) is 1.66. The van der Waals surface area contributed by atoms with E-state index in [2.05, 4.69) is 21.6 Å². The number of nitrogens with zero attached hydrogens (tertiary/aromatic N) is 2. The van der Waals surface area contributed by atoms with Crippen LogP contribution in [0.3, 0.4) is 0 Å². The van der Waals surface area contributed by atoms with Crippen molar-refractivity contribution < 1.29 is 9.59 Å². The Kier molecular flexibility index (Phi) is 6.00. The quantitative estimate of drug-likeness (QED) is 0.849. The summed E-state index contributed by atoms with van der Waals surface area (Å²) in [7, 11) is 0. The normalized spacial score (nSPS) is 15.2. The third-order valence-corrected chi connectivity index (χ3v) is 5.18. The van der Waals surface area contributed by atoms with Gasteiger partial charge >= 0.3 is 0 Å². The SMILES string of the molecule is N#Cc1cccc(NC(=O)CN2CCC(NC(=O)c3cccs3)CC2)c1. The second-order valence-electron chi connectivity index (χ2n) is 6.24. The van der Waals surface area contributed by atoms with Gasteiger partial charge in [0, 0.05) is 24.8 Å². The average molecular weight is 368 g/mol. The number of nitrogens with one attached hydrogen (secondary N) is 2. The molecule has 26 heavy (non-hydrogen) atoms. The van der Waals surface area contributed by atoms with Crippen molar-refractivity contribution in [2.75, 3.05) is 25.0 Å². The number of rotatable bonds is 5. The Labute approximate surface area is 156 Å². The van der Waals surface area contributed by atoms with Crippen molar-refractivity contribution >= 4 is 28.8 Å². The minimum Gasteiger partial charge on any atom is -0.349 e. The molecule has 7 heteroatoms. The summed E-state index contributed by atoms with van der Waals surface area (Å²) in [5, 5.41) is 16.7. The fourth-order valence-electron chi connectivity index (χ4n) is 2.97. The summed E-state index contributed by atoms with van der Waals surface area (Å²) in [5.74, 6) is -0.116. The van der Waals surface area contributed by atoms with Gasteiger partial charge in [0.1, 0.15) is 0 Å². The van der Waals surface area contributed by atoms with Gasteiger partial charge in [-0.2, -0.15) is 5.26 Å². The lowest BCUT2D eigenvalue weighted by Crippen LogP contribution is -2.46. The monoisotopic (exact) mass is 368 g/mol. The van der Waals surface area contributed by atoms with Crippen molar-refractivity contribution in [3.8, 4) is 6.07 Å². The third kappa shape index (κ3) is 4.91. The van der Waals surface area contributed by atoms with Crippen molar-refractivity contribution in [1.82, 2.24) is 10.2 Å². The van der Waals surface area contributed by atoms with Crippen molar-refractivity contribution in [1.29, 1.82) is 5.26 Å². The van der Waals surface area contributed by atoms with E-state index < -0.39 is 0 Å². The first kappa shape index (κ1) is 18.1. The Hall–Kier alpha value is -2.69. The molecule has 0 radical (unpaired) electrons. The lowest BCUT2D eigenvalue weighted by Gasteiger charge is -2.31. The Morgan fingerprint density at radius 3 is 2.73 bits per heavy atom. The van der Waals surface area contributed by atoms with Crippen molar-refractivity contribution in [3.63, 3.8) is 0 Å². The Morgan fingerprint density at radius 1 is 1.23 bits per heavy atom. The molecule has 2 aromatic rings. The predicted octanol–water partition coefficient (Wildman–Crippen LogP) is 2.45. The van der Waals surface area contributed by atoms with E-state index in [1.807, 2.05) is 17.5 Å². The summed E-state index contributed by atoms with van der Waals surface area (Å²) in [6.45, 7) is 1.84. The van der Waals surface area contributed by atoms with Crippen LogP contribution in [-0.4, -0.2) is 42.4 Å². The predicted molar refractivity (Wildman–Crippen MR) is 101 cm³/mol. The van der Waals surface area contributed by atoms with Gasteiger partial charge in [-0.05, 0) is 42.5 Å². The lowest BCUT2D eigenvalue weighted by atomic mass is 10.0. The van der Waals surface area contributed by atoms with Crippen LogP contribution in [0.2, 0.25) is 0 Å². The number of amides is 2. The Bertz CT molecular complexity index is 805. The van der Waals surface area contributed by atoms with E-state index in [-0.39, 0.29) is 17.9 Å². The summed E-state index contributed by atoms with van der Waals surface area (Å²) in [5.41, 5.74) is 1.15. The molecule has 1 saturated heterocycles. The van der Waals surface area contributed by atoms with Crippen LogP contribution < -0.4 is 10.6 Å². The van der Waals surface area contributed by atoms with Gasteiger partial charge in [0.2, 0.25) is 5.91 Å². The summed E-state index contributed by atoms with van der Waals surface area (Å²) in [4.78, 5) is 27.1. The van der Waals surface area contributed by atoms with Crippen LogP contribution in [0.1, 0.15) is 28.1 Å². The van der Waals surface area contributed by atoms with Crippen LogP contribution in [0, 0.1) is 11.3 Å². The molecular formula is C19H20N4O2S. The lowest BCUT2D eigenvalue weighted by molar-refractivity contribution is -0.117. The van der Waals surface area contributed by atoms with Crippen LogP contribution in [0.25, 0.3) is 0 Å². The van der Waals surface area contributed by atoms with Crippen molar-refractivity contribution in [2.45, 2.75) is 18.9 Å². The average Bonchev–Trinajstić information content (AvgIpc) is 3.18. The highest BCUT2D eigenvalue weighted by molar-refractivity contribution is 7.12. The van der Waals surface area contributed by atoms with Crippen LogP contribution >= 0.6 is 11.3 Å². The van der Waals surface area contributed by atoms with E-state index in [0.29, 0.717) is 17.8 Å². The fraction of sp³-hybridized carbons (Fsp3) is 0.316. The van der Waals surface area contributed by atoms with Crippen LogP contribution in [0.5, 0.6) is 0 Å². The number of piperidine rings is 1. The van der Waals surface area contributed by atoms with E-state index >= 15 is 0 Å². The number of hydrogen-bond acceptors (Lipinski definition) is 5. The molecule has 3 rings (SSSR count). The number of hydrogen-bond donors (Lipinski definition) is 2. The molecule has 0 bridgehead atoms. The Balaban J connectivity index is 1.42. The van der Waals surface area contributed by atoms with Crippen molar-refractivity contribution in [2.24, 2.45) is 0 Å². The van der Waals surface area contributed by atoms with Gasteiger partial charge < -0.3 is 10.6 Å². The number of anilines is 1. The van der Waals surface area contributed by atoms with Gasteiger partial charge in [-0.3, -0.25) is 14.5 Å². The molecule has 6 nitrogen and oxygen atoms in total. The zero-order chi connectivity index (χ0) is 18.4. The molecule has 2 heterocycles. The highest BCUT2D eigenvalue weighted by atomic mass is 32.1. The maximum absolute atomic E-state index is 12.2. The zero-order valence-electron chi connectivity index (χ0n) is 14.3. The van der Waals surface area contributed by atoms with E-state index in [9.17, 15) is 9.59 Å². The van der Waals surface area contributed by atoms with Gasteiger partial charge in [-0.15, -0.1) is 11.3 Å². The number of benzene rings is 1. The number of thiophene rings is 1. The second-order valence-corrected chi connectivity index (χ2v) is 7.19. The highest BCUT2D eigenvalue weighted by Crippen LogP contribution is 2.14. The first-order chi connectivity index (χ1) is 12.6. The molecule has 0 saturated carbocycles. The maximum atomic E-state index is 12.2.